The molecule has 0 bridgehead atoms. The summed E-state index contributed by atoms with van der Waals surface area (Å²) in [4.78, 5) is 0. The van der Waals surface area contributed by atoms with E-state index in [2.05, 4.69) is 19.2 Å². The van der Waals surface area contributed by atoms with Crippen LogP contribution < -0.4 is 5.32 Å². The number of hydrogen-bond donors (Lipinski definition) is 1. The summed E-state index contributed by atoms with van der Waals surface area (Å²) in [5.41, 5.74) is 0. The van der Waals surface area contributed by atoms with Crippen LogP contribution in [-0.4, -0.2) is 51.7 Å². The largest absolute Gasteiger partial charge is 0.385 e. The highest BCUT2D eigenvalue weighted by molar-refractivity contribution is 4.75. The van der Waals surface area contributed by atoms with Crippen LogP contribution in [0.15, 0.2) is 0 Å². The van der Waals surface area contributed by atoms with Gasteiger partial charge in [0.2, 0.25) is 0 Å². The van der Waals surface area contributed by atoms with E-state index < -0.39 is 0 Å². The second-order valence-corrected chi connectivity index (χ2v) is 4.94. The molecule has 0 spiro atoms. The molecule has 4 nitrogen and oxygen atoms in total. The van der Waals surface area contributed by atoms with Crippen molar-refractivity contribution in [1.82, 2.24) is 5.32 Å². The summed E-state index contributed by atoms with van der Waals surface area (Å²) in [6.45, 7) is 7.53. The molecule has 1 N–H and O–H groups in total. The Hall–Kier alpha value is -0.160. The molecule has 2 unspecified atom stereocenters. The Balaban J connectivity index is 1.97. The lowest BCUT2D eigenvalue weighted by atomic mass is 10.2. The average Bonchev–Trinajstić information content (AvgIpc) is 2.74. The van der Waals surface area contributed by atoms with Crippen LogP contribution in [0.3, 0.4) is 0 Å². The van der Waals surface area contributed by atoms with E-state index in [4.69, 9.17) is 14.2 Å². The Morgan fingerprint density at radius 3 is 2.71 bits per heavy atom. The maximum absolute atomic E-state index is 5.90. The Morgan fingerprint density at radius 2 is 2.00 bits per heavy atom. The number of rotatable bonds is 9. The third-order valence-corrected chi connectivity index (χ3v) is 2.89. The van der Waals surface area contributed by atoms with Gasteiger partial charge in [-0.25, -0.2) is 0 Å². The molecule has 1 aliphatic heterocycles. The highest BCUT2D eigenvalue weighted by Gasteiger charge is 2.24. The molecule has 2 atom stereocenters. The van der Waals surface area contributed by atoms with Gasteiger partial charge in [-0.2, -0.15) is 0 Å². The van der Waals surface area contributed by atoms with Gasteiger partial charge in [0, 0.05) is 32.9 Å². The van der Waals surface area contributed by atoms with E-state index in [0.29, 0.717) is 12.1 Å². The molecule has 1 fully saturated rings. The highest BCUT2D eigenvalue weighted by atomic mass is 16.5. The van der Waals surface area contributed by atoms with Crippen molar-refractivity contribution in [3.05, 3.63) is 0 Å². The van der Waals surface area contributed by atoms with Crippen molar-refractivity contribution >= 4 is 0 Å². The normalized spacial score (nSPS) is 24.7. The van der Waals surface area contributed by atoms with Gasteiger partial charge in [0.05, 0.1) is 18.8 Å². The summed E-state index contributed by atoms with van der Waals surface area (Å²) in [5.74, 6) is 0. The number of nitrogens with one attached hydrogen (secondary N) is 1. The fraction of sp³-hybridized carbons (Fsp3) is 1.00. The lowest BCUT2D eigenvalue weighted by Gasteiger charge is -2.16. The van der Waals surface area contributed by atoms with Gasteiger partial charge in [-0.1, -0.05) is 13.8 Å². The lowest BCUT2D eigenvalue weighted by Crippen LogP contribution is -2.32. The van der Waals surface area contributed by atoms with Crippen molar-refractivity contribution in [2.24, 2.45) is 0 Å². The summed E-state index contributed by atoms with van der Waals surface area (Å²) in [6.07, 6.45) is 3.88. The lowest BCUT2D eigenvalue weighted by molar-refractivity contribution is -0.0177. The molecule has 1 rings (SSSR count). The average molecular weight is 245 g/mol. The summed E-state index contributed by atoms with van der Waals surface area (Å²) in [5, 5.41) is 3.41. The van der Waals surface area contributed by atoms with Crippen molar-refractivity contribution < 1.29 is 14.2 Å². The van der Waals surface area contributed by atoms with Gasteiger partial charge in [-0.3, -0.25) is 0 Å². The smallest absolute Gasteiger partial charge is 0.0813 e. The van der Waals surface area contributed by atoms with Crippen molar-refractivity contribution in [1.29, 1.82) is 0 Å². The molecular weight excluding hydrogens is 218 g/mol. The first kappa shape index (κ1) is 14.9. The molecule has 0 amide bonds. The molecule has 1 saturated heterocycles. The minimum Gasteiger partial charge on any atom is -0.385 e. The standard InChI is InChI=1S/C13H27NO3/c1-11(2)14-9-12-5-6-13(17-12)10-16-8-4-7-15-3/h11-14H,4-10H2,1-3H3. The van der Waals surface area contributed by atoms with Gasteiger partial charge in [0.1, 0.15) is 0 Å². The molecule has 0 radical (unpaired) electrons. The van der Waals surface area contributed by atoms with E-state index in [1.54, 1.807) is 7.11 Å². The molecular formula is C13H27NO3. The van der Waals surface area contributed by atoms with Crippen LogP contribution in [0.4, 0.5) is 0 Å². The van der Waals surface area contributed by atoms with Crippen LogP contribution >= 0.6 is 0 Å². The van der Waals surface area contributed by atoms with Crippen LogP contribution in [0, 0.1) is 0 Å². The quantitative estimate of drug-likeness (QED) is 0.626. The zero-order valence-corrected chi connectivity index (χ0v) is 11.4. The van der Waals surface area contributed by atoms with Gasteiger partial charge in [-0.15, -0.1) is 0 Å². The molecule has 0 aromatic heterocycles. The van der Waals surface area contributed by atoms with E-state index in [9.17, 15) is 0 Å². The van der Waals surface area contributed by atoms with E-state index in [1.807, 2.05) is 0 Å². The van der Waals surface area contributed by atoms with E-state index in [-0.39, 0.29) is 6.10 Å². The molecule has 0 aromatic carbocycles. The predicted molar refractivity (Wildman–Crippen MR) is 68.3 cm³/mol. The zero-order valence-electron chi connectivity index (χ0n) is 11.4. The van der Waals surface area contributed by atoms with Crippen molar-refractivity contribution in [2.75, 3.05) is 33.5 Å². The maximum atomic E-state index is 5.90. The van der Waals surface area contributed by atoms with Crippen LogP contribution in [-0.2, 0) is 14.2 Å². The molecule has 1 aliphatic rings. The summed E-state index contributed by atoms with van der Waals surface area (Å²) >= 11 is 0. The Bertz CT molecular complexity index is 188. The summed E-state index contributed by atoms with van der Waals surface area (Å²) in [7, 11) is 1.71. The molecule has 0 aliphatic carbocycles. The van der Waals surface area contributed by atoms with Crippen LogP contribution in [0.2, 0.25) is 0 Å². The Labute approximate surface area is 105 Å². The minimum absolute atomic E-state index is 0.288. The second kappa shape index (κ2) is 8.86. The number of methoxy groups -OCH3 is 1. The number of hydrogen-bond acceptors (Lipinski definition) is 4. The van der Waals surface area contributed by atoms with Crippen molar-refractivity contribution in [3.8, 4) is 0 Å². The second-order valence-electron chi connectivity index (χ2n) is 4.94. The van der Waals surface area contributed by atoms with Gasteiger partial charge in [0.25, 0.3) is 0 Å². The third kappa shape index (κ3) is 6.99. The monoisotopic (exact) mass is 245 g/mol. The first-order valence-corrected chi connectivity index (χ1v) is 6.68. The molecule has 102 valence electrons. The Morgan fingerprint density at radius 1 is 1.24 bits per heavy atom. The highest BCUT2D eigenvalue weighted by Crippen LogP contribution is 2.19. The van der Waals surface area contributed by atoms with E-state index >= 15 is 0 Å². The third-order valence-electron chi connectivity index (χ3n) is 2.89. The molecule has 0 aromatic rings. The van der Waals surface area contributed by atoms with Gasteiger partial charge in [0.15, 0.2) is 0 Å². The van der Waals surface area contributed by atoms with Gasteiger partial charge >= 0.3 is 0 Å². The van der Waals surface area contributed by atoms with E-state index in [1.165, 1.54) is 0 Å². The minimum atomic E-state index is 0.288. The molecule has 17 heavy (non-hydrogen) atoms. The Kier molecular flexibility index (Phi) is 7.77. The van der Waals surface area contributed by atoms with Crippen molar-refractivity contribution in [2.45, 2.75) is 51.4 Å². The topological polar surface area (TPSA) is 39.7 Å². The fourth-order valence-electron chi connectivity index (χ4n) is 1.94. The summed E-state index contributed by atoms with van der Waals surface area (Å²) < 4.78 is 16.4. The van der Waals surface area contributed by atoms with Crippen LogP contribution in [0.5, 0.6) is 0 Å². The van der Waals surface area contributed by atoms with E-state index in [0.717, 1.165) is 45.6 Å². The number of ether oxygens (including phenoxy) is 3. The van der Waals surface area contributed by atoms with Crippen LogP contribution in [0.25, 0.3) is 0 Å². The summed E-state index contributed by atoms with van der Waals surface area (Å²) in [6, 6.07) is 0.531. The predicted octanol–water partition coefficient (Wildman–Crippen LogP) is 1.59. The molecule has 4 heteroatoms. The first-order valence-electron chi connectivity index (χ1n) is 6.68. The first-order chi connectivity index (χ1) is 8.22. The maximum Gasteiger partial charge on any atom is 0.0813 e. The SMILES string of the molecule is COCCCOCC1CCC(CNC(C)C)O1. The van der Waals surface area contributed by atoms with Crippen molar-refractivity contribution in [3.63, 3.8) is 0 Å². The molecule has 1 heterocycles. The van der Waals surface area contributed by atoms with Crippen LogP contribution in [0.1, 0.15) is 33.1 Å². The van der Waals surface area contributed by atoms with Gasteiger partial charge in [-0.05, 0) is 19.3 Å². The zero-order chi connectivity index (χ0) is 12.5. The fourth-order valence-corrected chi connectivity index (χ4v) is 1.94. The molecule has 0 saturated carbocycles. The van der Waals surface area contributed by atoms with Gasteiger partial charge < -0.3 is 19.5 Å².